The van der Waals surface area contributed by atoms with Crippen LogP contribution in [0.1, 0.15) is 66.6 Å². The average molecular weight is 420 g/mol. The van der Waals surface area contributed by atoms with Crippen LogP contribution in [0.25, 0.3) is 10.2 Å². The minimum absolute atomic E-state index is 0.0210. The van der Waals surface area contributed by atoms with Gasteiger partial charge < -0.3 is 4.74 Å². The number of hydrogen-bond donors (Lipinski definition) is 0. The van der Waals surface area contributed by atoms with E-state index in [4.69, 9.17) is 4.74 Å². The number of fused-ring (bicyclic) bond motifs is 1. The Morgan fingerprint density at radius 3 is 2.62 bits per heavy atom. The van der Waals surface area contributed by atoms with E-state index in [1.54, 1.807) is 23.5 Å². The van der Waals surface area contributed by atoms with E-state index < -0.39 is 11.7 Å². The Hall–Kier alpha value is -2.08. The van der Waals surface area contributed by atoms with Crippen LogP contribution in [0.4, 0.5) is 13.2 Å². The Bertz CT molecular complexity index is 989. The molecule has 154 valence electrons. The molecule has 1 heterocycles. The second kappa shape index (κ2) is 8.34. The molecule has 0 saturated heterocycles. The molecule has 1 fully saturated rings. The minimum Gasteiger partial charge on any atom is -0.489 e. The van der Waals surface area contributed by atoms with E-state index in [1.165, 1.54) is 6.07 Å². The first-order valence-corrected chi connectivity index (χ1v) is 11.0. The molecule has 1 aliphatic rings. The maximum atomic E-state index is 13.6. The normalized spacial score (nSPS) is 15.3. The molecule has 2 aromatic carbocycles. The number of halogens is 3. The predicted octanol–water partition coefficient (Wildman–Crippen LogP) is 7.50. The fourth-order valence-corrected chi connectivity index (χ4v) is 5.16. The summed E-state index contributed by atoms with van der Waals surface area (Å²) in [5, 5.41) is 1.09. The monoisotopic (exact) mass is 419 g/mol. The molecule has 0 atom stereocenters. The van der Waals surface area contributed by atoms with Crippen molar-refractivity contribution in [2.75, 3.05) is 0 Å². The van der Waals surface area contributed by atoms with Crippen molar-refractivity contribution in [2.24, 2.45) is 0 Å². The molecular formula is C23H24F3NOS. The Labute approximate surface area is 172 Å². The third-order valence-electron chi connectivity index (χ3n) is 5.49. The highest BCUT2D eigenvalue weighted by Crippen LogP contribution is 2.42. The topological polar surface area (TPSA) is 22.1 Å². The van der Waals surface area contributed by atoms with Gasteiger partial charge in [-0.2, -0.15) is 13.2 Å². The number of aromatic nitrogens is 1. The number of hydrogen-bond acceptors (Lipinski definition) is 3. The van der Waals surface area contributed by atoms with Gasteiger partial charge in [0.05, 0.1) is 20.8 Å². The number of alkyl halides is 3. The standard InChI is InChI=1S/C23H24F3NOS/c1-2-5-22-27-20-11-9-17(13-21(20)29-22)28-14-15-8-10-18(16-6-3-4-7-16)19(12-15)23(24,25)26/h8-13,16H,2-7,14H2,1H3. The smallest absolute Gasteiger partial charge is 0.416 e. The van der Waals surface area contributed by atoms with Gasteiger partial charge in [-0.3, -0.25) is 0 Å². The van der Waals surface area contributed by atoms with Crippen LogP contribution < -0.4 is 4.74 Å². The molecule has 0 aliphatic heterocycles. The summed E-state index contributed by atoms with van der Waals surface area (Å²) in [7, 11) is 0. The predicted molar refractivity (Wildman–Crippen MR) is 111 cm³/mol. The summed E-state index contributed by atoms with van der Waals surface area (Å²) in [5.74, 6) is 0.672. The van der Waals surface area contributed by atoms with Crippen LogP contribution in [0.5, 0.6) is 5.75 Å². The lowest BCUT2D eigenvalue weighted by Gasteiger charge is -2.19. The van der Waals surface area contributed by atoms with Crippen molar-refractivity contribution in [3.63, 3.8) is 0 Å². The average Bonchev–Trinajstić information content (AvgIpc) is 3.35. The highest BCUT2D eigenvalue weighted by atomic mass is 32.1. The maximum Gasteiger partial charge on any atom is 0.416 e. The molecule has 4 rings (SSSR count). The Morgan fingerprint density at radius 1 is 1.10 bits per heavy atom. The van der Waals surface area contributed by atoms with Gasteiger partial charge in [0.1, 0.15) is 12.4 Å². The molecule has 1 aliphatic carbocycles. The van der Waals surface area contributed by atoms with Crippen molar-refractivity contribution in [1.82, 2.24) is 4.98 Å². The van der Waals surface area contributed by atoms with Gasteiger partial charge >= 0.3 is 6.18 Å². The summed E-state index contributed by atoms with van der Waals surface area (Å²) in [4.78, 5) is 4.59. The third kappa shape index (κ3) is 4.58. The molecule has 0 spiro atoms. The summed E-state index contributed by atoms with van der Waals surface area (Å²) in [6.07, 6.45) is 1.34. The van der Waals surface area contributed by atoms with Gasteiger partial charge in [0.2, 0.25) is 0 Å². The zero-order valence-corrected chi connectivity index (χ0v) is 17.2. The number of aryl methyl sites for hydroxylation is 1. The van der Waals surface area contributed by atoms with Gasteiger partial charge in [0, 0.05) is 0 Å². The molecule has 6 heteroatoms. The summed E-state index contributed by atoms with van der Waals surface area (Å²) >= 11 is 1.64. The maximum absolute atomic E-state index is 13.6. The number of thiazole rings is 1. The summed E-state index contributed by atoms with van der Waals surface area (Å²) in [6, 6.07) is 10.3. The highest BCUT2D eigenvalue weighted by Gasteiger charge is 2.36. The van der Waals surface area contributed by atoms with Crippen LogP contribution in [0.2, 0.25) is 0 Å². The van der Waals surface area contributed by atoms with Crippen LogP contribution in [0.3, 0.4) is 0 Å². The summed E-state index contributed by atoms with van der Waals surface area (Å²) < 4.78 is 47.8. The van der Waals surface area contributed by atoms with Crippen molar-refractivity contribution in [3.8, 4) is 5.75 Å². The number of benzene rings is 2. The zero-order valence-electron chi connectivity index (χ0n) is 16.4. The molecule has 3 aromatic rings. The minimum atomic E-state index is -4.34. The highest BCUT2D eigenvalue weighted by molar-refractivity contribution is 7.18. The largest absolute Gasteiger partial charge is 0.489 e. The van der Waals surface area contributed by atoms with Crippen LogP contribution in [-0.4, -0.2) is 4.98 Å². The van der Waals surface area contributed by atoms with Gasteiger partial charge in [-0.15, -0.1) is 11.3 Å². The van der Waals surface area contributed by atoms with Crippen molar-refractivity contribution in [3.05, 3.63) is 58.1 Å². The molecule has 1 aromatic heterocycles. The Morgan fingerprint density at radius 2 is 1.90 bits per heavy atom. The van der Waals surface area contributed by atoms with Crippen molar-refractivity contribution < 1.29 is 17.9 Å². The molecule has 2 nitrogen and oxygen atoms in total. The first-order chi connectivity index (χ1) is 13.9. The van der Waals surface area contributed by atoms with E-state index in [-0.39, 0.29) is 12.5 Å². The fourth-order valence-electron chi connectivity index (χ4n) is 4.06. The zero-order chi connectivity index (χ0) is 20.4. The van der Waals surface area contributed by atoms with Crippen LogP contribution in [-0.2, 0) is 19.2 Å². The van der Waals surface area contributed by atoms with Crippen LogP contribution >= 0.6 is 11.3 Å². The molecule has 0 radical (unpaired) electrons. The fraction of sp³-hybridized carbons (Fsp3) is 0.435. The third-order valence-corrected chi connectivity index (χ3v) is 6.57. The van der Waals surface area contributed by atoms with Crippen molar-refractivity contribution >= 4 is 21.6 Å². The summed E-state index contributed by atoms with van der Waals surface area (Å²) in [6.45, 7) is 2.23. The molecule has 0 bridgehead atoms. The quantitative estimate of drug-likeness (QED) is 0.412. The second-order valence-electron chi connectivity index (χ2n) is 7.68. The van der Waals surface area contributed by atoms with E-state index in [9.17, 15) is 13.2 Å². The lowest BCUT2D eigenvalue weighted by atomic mass is 9.91. The van der Waals surface area contributed by atoms with Crippen molar-refractivity contribution in [1.29, 1.82) is 0 Å². The lowest BCUT2D eigenvalue weighted by Crippen LogP contribution is -2.12. The van der Waals surface area contributed by atoms with Crippen molar-refractivity contribution in [2.45, 2.75) is 64.1 Å². The summed E-state index contributed by atoms with van der Waals surface area (Å²) in [5.41, 5.74) is 1.40. The molecule has 0 amide bonds. The number of ether oxygens (including phenoxy) is 1. The van der Waals surface area contributed by atoms with E-state index in [1.807, 2.05) is 18.2 Å². The van der Waals surface area contributed by atoms with Gasteiger partial charge in [0.15, 0.2) is 0 Å². The first-order valence-electron chi connectivity index (χ1n) is 10.2. The SMILES string of the molecule is CCCc1nc2ccc(OCc3ccc(C4CCCC4)c(C(F)(F)F)c3)cc2s1. The van der Waals surface area contributed by atoms with E-state index in [0.29, 0.717) is 16.9 Å². The van der Waals surface area contributed by atoms with E-state index >= 15 is 0 Å². The molecule has 29 heavy (non-hydrogen) atoms. The first kappa shape index (κ1) is 20.2. The van der Waals surface area contributed by atoms with Gasteiger partial charge in [-0.1, -0.05) is 31.9 Å². The van der Waals surface area contributed by atoms with E-state index in [0.717, 1.165) is 53.7 Å². The molecule has 0 unspecified atom stereocenters. The van der Waals surface area contributed by atoms with Crippen LogP contribution in [0.15, 0.2) is 36.4 Å². The number of rotatable bonds is 6. The molecule has 0 N–H and O–H groups in total. The van der Waals surface area contributed by atoms with E-state index in [2.05, 4.69) is 11.9 Å². The molecule has 1 saturated carbocycles. The Balaban J connectivity index is 1.52. The van der Waals surface area contributed by atoms with Gasteiger partial charge in [-0.25, -0.2) is 4.98 Å². The van der Waals surface area contributed by atoms with Gasteiger partial charge in [0.25, 0.3) is 0 Å². The lowest BCUT2D eigenvalue weighted by molar-refractivity contribution is -0.138. The van der Waals surface area contributed by atoms with Crippen LogP contribution in [0, 0.1) is 0 Å². The molecular weight excluding hydrogens is 395 g/mol. The Kier molecular flexibility index (Phi) is 5.81. The van der Waals surface area contributed by atoms with Gasteiger partial charge in [-0.05, 0) is 67.0 Å². The number of nitrogens with zero attached hydrogens (tertiary/aromatic N) is 1. The second-order valence-corrected chi connectivity index (χ2v) is 8.79.